The zero-order valence-electron chi connectivity index (χ0n) is 10.8. The Morgan fingerprint density at radius 2 is 2.32 bits per heavy atom. The largest absolute Gasteiger partial charge is 0.384 e. The summed E-state index contributed by atoms with van der Waals surface area (Å²) in [5, 5.41) is 8.37. The first-order chi connectivity index (χ1) is 9.24. The lowest BCUT2D eigenvalue weighted by atomic mass is 10.1. The third kappa shape index (κ3) is 2.49. The van der Waals surface area contributed by atoms with Crippen molar-refractivity contribution in [2.24, 2.45) is 0 Å². The van der Waals surface area contributed by atoms with Gasteiger partial charge in [0.15, 0.2) is 0 Å². The Kier molecular flexibility index (Phi) is 3.25. The van der Waals surface area contributed by atoms with Crippen molar-refractivity contribution in [2.45, 2.75) is 19.4 Å². The summed E-state index contributed by atoms with van der Waals surface area (Å²) in [5.41, 5.74) is 3.13. The van der Waals surface area contributed by atoms with Gasteiger partial charge in [-0.15, -0.1) is 11.3 Å². The van der Waals surface area contributed by atoms with Crippen molar-refractivity contribution in [3.05, 3.63) is 51.7 Å². The molecule has 1 aromatic heterocycles. The van der Waals surface area contributed by atoms with Gasteiger partial charge in [-0.05, 0) is 48.6 Å². The highest BCUT2D eigenvalue weighted by Gasteiger charge is 2.15. The van der Waals surface area contributed by atoms with E-state index in [4.69, 9.17) is 0 Å². The molecule has 2 heterocycles. The number of nitrogens with one attached hydrogen (secondary N) is 2. The zero-order valence-corrected chi connectivity index (χ0v) is 11.6. The Morgan fingerprint density at radius 1 is 1.42 bits per heavy atom. The molecular formula is C15H16N2OS. The van der Waals surface area contributed by atoms with Gasteiger partial charge in [-0.1, -0.05) is 6.07 Å². The number of anilines is 1. The molecule has 0 fully saturated rings. The highest BCUT2D eigenvalue weighted by molar-refractivity contribution is 7.10. The third-order valence-electron chi connectivity index (χ3n) is 3.39. The number of hydrogen-bond acceptors (Lipinski definition) is 3. The summed E-state index contributed by atoms with van der Waals surface area (Å²) in [7, 11) is 0. The van der Waals surface area contributed by atoms with Gasteiger partial charge in [0.2, 0.25) is 0 Å². The number of carbonyl (C=O) groups excluding carboxylic acids is 1. The molecular weight excluding hydrogens is 256 g/mol. The van der Waals surface area contributed by atoms with Crippen LogP contribution >= 0.6 is 11.3 Å². The molecule has 1 amide bonds. The minimum Gasteiger partial charge on any atom is -0.384 e. The zero-order chi connectivity index (χ0) is 13.2. The molecule has 4 heteroatoms. The summed E-state index contributed by atoms with van der Waals surface area (Å²) in [6.07, 6.45) is 0.997. The number of carbonyl (C=O) groups is 1. The van der Waals surface area contributed by atoms with Crippen LogP contribution in [0.3, 0.4) is 0 Å². The van der Waals surface area contributed by atoms with Crippen LogP contribution in [0.4, 0.5) is 5.69 Å². The van der Waals surface area contributed by atoms with Crippen LogP contribution in [0.2, 0.25) is 0 Å². The molecule has 0 saturated carbocycles. The van der Waals surface area contributed by atoms with Crippen LogP contribution in [0.5, 0.6) is 0 Å². The van der Waals surface area contributed by atoms with Crippen LogP contribution < -0.4 is 10.6 Å². The molecule has 0 bridgehead atoms. The standard InChI is InChI=1S/C15H16N2OS/c1-10(14-3-2-8-19-14)17-15(18)12-4-5-13-11(9-12)6-7-16-13/h2-5,8-10,16H,6-7H2,1H3,(H,17,18)/t10-/m0/s1. The Balaban J connectivity index is 1.74. The van der Waals surface area contributed by atoms with Gasteiger partial charge in [-0.3, -0.25) is 4.79 Å². The summed E-state index contributed by atoms with van der Waals surface area (Å²) in [6.45, 7) is 2.98. The first kappa shape index (κ1) is 12.2. The van der Waals surface area contributed by atoms with E-state index in [1.165, 1.54) is 10.4 Å². The smallest absolute Gasteiger partial charge is 0.251 e. The second-order valence-corrected chi connectivity index (χ2v) is 5.74. The van der Waals surface area contributed by atoms with Crippen molar-refractivity contribution >= 4 is 22.9 Å². The first-order valence-corrected chi connectivity index (χ1v) is 7.33. The van der Waals surface area contributed by atoms with E-state index in [1.54, 1.807) is 11.3 Å². The number of thiophene rings is 1. The minimum atomic E-state index is -0.00407. The molecule has 19 heavy (non-hydrogen) atoms. The first-order valence-electron chi connectivity index (χ1n) is 6.45. The monoisotopic (exact) mass is 272 g/mol. The minimum absolute atomic E-state index is 0.00407. The van der Waals surface area contributed by atoms with Crippen molar-refractivity contribution < 1.29 is 4.79 Å². The molecule has 3 nitrogen and oxygen atoms in total. The van der Waals surface area contributed by atoms with E-state index >= 15 is 0 Å². The number of amides is 1. The van der Waals surface area contributed by atoms with Gasteiger partial charge in [0.1, 0.15) is 0 Å². The van der Waals surface area contributed by atoms with Crippen molar-refractivity contribution in [1.82, 2.24) is 5.32 Å². The number of rotatable bonds is 3. The van der Waals surface area contributed by atoms with E-state index in [9.17, 15) is 4.79 Å². The van der Waals surface area contributed by atoms with Crippen LogP contribution in [0.15, 0.2) is 35.7 Å². The van der Waals surface area contributed by atoms with Crippen molar-refractivity contribution in [2.75, 3.05) is 11.9 Å². The Morgan fingerprint density at radius 3 is 3.11 bits per heavy atom. The van der Waals surface area contributed by atoms with Crippen LogP contribution in [0, 0.1) is 0 Å². The summed E-state index contributed by atoms with van der Waals surface area (Å²) in [4.78, 5) is 13.4. The lowest BCUT2D eigenvalue weighted by molar-refractivity contribution is 0.0940. The Hall–Kier alpha value is -1.81. The molecule has 1 aliphatic heterocycles. The van der Waals surface area contributed by atoms with Crippen molar-refractivity contribution in [1.29, 1.82) is 0 Å². The fraction of sp³-hybridized carbons (Fsp3) is 0.267. The number of fused-ring (bicyclic) bond motifs is 1. The molecule has 1 aliphatic rings. The van der Waals surface area contributed by atoms with Gasteiger partial charge in [0, 0.05) is 22.7 Å². The summed E-state index contributed by atoms with van der Waals surface area (Å²) < 4.78 is 0. The van der Waals surface area contributed by atoms with Crippen LogP contribution in [-0.4, -0.2) is 12.5 Å². The van der Waals surface area contributed by atoms with Crippen LogP contribution in [-0.2, 0) is 6.42 Å². The van der Waals surface area contributed by atoms with Gasteiger partial charge < -0.3 is 10.6 Å². The van der Waals surface area contributed by atoms with E-state index in [1.807, 2.05) is 42.6 Å². The predicted octanol–water partition coefficient (Wildman–Crippen LogP) is 3.21. The summed E-state index contributed by atoms with van der Waals surface area (Å²) in [5.74, 6) is -0.00407. The van der Waals surface area contributed by atoms with Gasteiger partial charge in [-0.25, -0.2) is 0 Å². The van der Waals surface area contributed by atoms with Crippen molar-refractivity contribution in [3.63, 3.8) is 0 Å². The molecule has 0 saturated heterocycles. The molecule has 98 valence electrons. The highest BCUT2D eigenvalue weighted by atomic mass is 32.1. The van der Waals surface area contributed by atoms with Gasteiger partial charge in [0.05, 0.1) is 6.04 Å². The van der Waals surface area contributed by atoms with E-state index in [-0.39, 0.29) is 11.9 Å². The van der Waals surface area contributed by atoms with Crippen LogP contribution in [0.25, 0.3) is 0 Å². The average molecular weight is 272 g/mol. The van der Waals surface area contributed by atoms with E-state index < -0.39 is 0 Å². The molecule has 0 aliphatic carbocycles. The van der Waals surface area contributed by atoms with Gasteiger partial charge in [-0.2, -0.15) is 0 Å². The Bertz CT molecular complexity index is 592. The lowest BCUT2D eigenvalue weighted by Gasteiger charge is -2.12. The molecule has 0 spiro atoms. The third-order valence-corrected chi connectivity index (χ3v) is 4.45. The highest BCUT2D eigenvalue weighted by Crippen LogP contribution is 2.24. The number of hydrogen-bond donors (Lipinski definition) is 2. The van der Waals surface area contributed by atoms with Crippen LogP contribution in [0.1, 0.15) is 33.8 Å². The molecule has 1 atom stereocenters. The lowest BCUT2D eigenvalue weighted by Crippen LogP contribution is -2.26. The normalized spacial score (nSPS) is 14.6. The predicted molar refractivity (Wildman–Crippen MR) is 78.8 cm³/mol. The topological polar surface area (TPSA) is 41.1 Å². The second-order valence-electron chi connectivity index (χ2n) is 4.76. The molecule has 2 N–H and O–H groups in total. The quantitative estimate of drug-likeness (QED) is 0.901. The second kappa shape index (κ2) is 5.05. The summed E-state index contributed by atoms with van der Waals surface area (Å²) in [6, 6.07) is 9.97. The van der Waals surface area contributed by atoms with Crippen molar-refractivity contribution in [3.8, 4) is 0 Å². The molecule has 1 aromatic carbocycles. The van der Waals surface area contributed by atoms with Gasteiger partial charge in [0.25, 0.3) is 5.91 Å². The fourth-order valence-corrected chi connectivity index (χ4v) is 3.07. The molecule has 0 radical (unpaired) electrons. The van der Waals surface area contributed by atoms with E-state index in [0.29, 0.717) is 0 Å². The fourth-order valence-electron chi connectivity index (χ4n) is 2.33. The molecule has 2 aromatic rings. The maximum absolute atomic E-state index is 12.2. The molecule has 0 unspecified atom stereocenters. The maximum Gasteiger partial charge on any atom is 0.251 e. The summed E-state index contributed by atoms with van der Waals surface area (Å²) >= 11 is 1.66. The van der Waals surface area contributed by atoms with E-state index in [2.05, 4.69) is 10.6 Å². The maximum atomic E-state index is 12.2. The van der Waals surface area contributed by atoms with E-state index in [0.717, 1.165) is 24.2 Å². The van der Waals surface area contributed by atoms with Gasteiger partial charge >= 0.3 is 0 Å². The Labute approximate surface area is 116 Å². The molecule has 3 rings (SSSR count). The SMILES string of the molecule is C[C@H](NC(=O)c1ccc2c(c1)CCN2)c1cccs1. The average Bonchev–Trinajstić information content (AvgIpc) is 3.09. The number of benzene rings is 1.